The molecule has 3 fully saturated rings. The van der Waals surface area contributed by atoms with E-state index in [9.17, 15) is 10.2 Å². The lowest BCUT2D eigenvalue weighted by Gasteiger charge is -2.55. The minimum Gasteiger partial charge on any atom is -0.393 e. The lowest BCUT2D eigenvalue weighted by atomic mass is 9.51. The normalized spacial score (nSPS) is 52.6. The molecular weight excluding hydrogens is 274 g/mol. The first-order chi connectivity index (χ1) is 10.3. The average molecular weight is 307 g/mol. The molecular formula is C19H33NO2. The van der Waals surface area contributed by atoms with Gasteiger partial charge in [0.05, 0.1) is 12.2 Å². The highest BCUT2D eigenvalue weighted by molar-refractivity contribution is 5.20. The van der Waals surface area contributed by atoms with E-state index in [-0.39, 0.29) is 16.9 Å². The molecule has 2 unspecified atom stereocenters. The van der Waals surface area contributed by atoms with Crippen molar-refractivity contribution in [2.24, 2.45) is 34.3 Å². The predicted molar refractivity (Wildman–Crippen MR) is 89.2 cm³/mol. The quantitative estimate of drug-likeness (QED) is 0.687. The summed E-state index contributed by atoms with van der Waals surface area (Å²) in [5, 5.41) is 20.6. The van der Waals surface area contributed by atoms with E-state index in [0.717, 1.165) is 25.7 Å². The van der Waals surface area contributed by atoms with Gasteiger partial charge in [-0.25, -0.2) is 0 Å². The van der Waals surface area contributed by atoms with Crippen LogP contribution in [-0.4, -0.2) is 29.0 Å². The first-order valence-corrected chi connectivity index (χ1v) is 9.07. The van der Waals surface area contributed by atoms with Crippen LogP contribution in [0.3, 0.4) is 0 Å². The Balaban J connectivity index is 1.87. The van der Waals surface area contributed by atoms with Gasteiger partial charge in [-0.15, -0.1) is 0 Å². The first kappa shape index (κ1) is 16.5. The van der Waals surface area contributed by atoms with E-state index in [0.29, 0.717) is 30.7 Å². The fourth-order valence-electron chi connectivity index (χ4n) is 6.06. The molecule has 3 nitrogen and oxygen atoms in total. The number of hydrogen-bond donors (Lipinski definition) is 3. The Bertz CT molecular complexity index is 451. The largest absolute Gasteiger partial charge is 0.393 e. The molecule has 0 heterocycles. The maximum atomic E-state index is 10.7. The monoisotopic (exact) mass is 307 g/mol. The number of allylic oxidation sites excluding steroid dienone is 1. The van der Waals surface area contributed by atoms with E-state index in [2.05, 4.69) is 20.4 Å². The molecule has 126 valence electrons. The van der Waals surface area contributed by atoms with E-state index in [1.807, 2.05) is 0 Å². The van der Waals surface area contributed by atoms with E-state index in [1.54, 1.807) is 0 Å². The highest BCUT2D eigenvalue weighted by Crippen LogP contribution is 2.62. The Morgan fingerprint density at radius 2 is 1.86 bits per heavy atom. The molecule has 0 saturated heterocycles. The van der Waals surface area contributed by atoms with Gasteiger partial charge < -0.3 is 15.9 Å². The molecule has 7 atom stereocenters. The lowest BCUT2D eigenvalue weighted by molar-refractivity contribution is -0.117. The molecule has 0 bridgehead atoms. The maximum absolute atomic E-state index is 10.7. The molecule has 0 aromatic heterocycles. The fourth-order valence-corrected chi connectivity index (χ4v) is 6.06. The van der Waals surface area contributed by atoms with E-state index >= 15 is 0 Å². The second-order valence-electron chi connectivity index (χ2n) is 8.66. The number of aliphatic hydroxyl groups is 2. The summed E-state index contributed by atoms with van der Waals surface area (Å²) < 4.78 is 0. The summed E-state index contributed by atoms with van der Waals surface area (Å²) in [5.74, 6) is 1.58. The third-order valence-electron chi connectivity index (χ3n) is 7.78. The molecule has 4 N–H and O–H groups in total. The van der Waals surface area contributed by atoms with Crippen LogP contribution in [-0.2, 0) is 0 Å². The van der Waals surface area contributed by atoms with Gasteiger partial charge in [0.25, 0.3) is 0 Å². The molecule has 0 aromatic rings. The third kappa shape index (κ3) is 2.28. The second-order valence-corrected chi connectivity index (χ2v) is 8.66. The number of fused-ring (bicyclic) bond motifs is 1. The van der Waals surface area contributed by atoms with Crippen LogP contribution < -0.4 is 5.73 Å². The van der Waals surface area contributed by atoms with Crippen molar-refractivity contribution in [1.82, 2.24) is 0 Å². The average Bonchev–Trinajstić information content (AvgIpc) is 2.78. The van der Waals surface area contributed by atoms with Crippen molar-refractivity contribution < 1.29 is 10.2 Å². The topological polar surface area (TPSA) is 66.5 Å². The van der Waals surface area contributed by atoms with E-state index < -0.39 is 6.10 Å². The first-order valence-electron chi connectivity index (χ1n) is 9.07. The van der Waals surface area contributed by atoms with Gasteiger partial charge in [-0.05, 0) is 80.1 Å². The van der Waals surface area contributed by atoms with Crippen molar-refractivity contribution in [1.29, 1.82) is 0 Å². The van der Waals surface area contributed by atoms with Gasteiger partial charge >= 0.3 is 0 Å². The SMILES string of the molecule is C=C1CCC2[C@H](CN)C([C@@]3(C)CC[C@H](O)C[C@@H]3O)CC[C@]12C. The van der Waals surface area contributed by atoms with Crippen LogP contribution in [0.2, 0.25) is 0 Å². The van der Waals surface area contributed by atoms with Crippen molar-refractivity contribution in [2.45, 2.75) is 71.0 Å². The zero-order valence-electron chi connectivity index (χ0n) is 14.2. The molecule has 0 aliphatic heterocycles. The standard InChI is InChI=1S/C19H33NO2/c1-12-4-5-15-14(11-20)16(7-9-18(12,15)2)19(3)8-6-13(21)10-17(19)22/h13-17,21-22H,1,4-11,20H2,2-3H3/t13-,14-,15?,16?,17-,18+,19+/m0/s1. The van der Waals surface area contributed by atoms with Crippen LogP contribution in [0.1, 0.15) is 58.8 Å². The van der Waals surface area contributed by atoms with E-state index in [4.69, 9.17) is 5.73 Å². The van der Waals surface area contributed by atoms with Gasteiger partial charge in [0.15, 0.2) is 0 Å². The van der Waals surface area contributed by atoms with Gasteiger partial charge in [-0.2, -0.15) is 0 Å². The van der Waals surface area contributed by atoms with Crippen molar-refractivity contribution in [2.75, 3.05) is 6.54 Å². The van der Waals surface area contributed by atoms with Gasteiger partial charge in [-0.3, -0.25) is 0 Å². The summed E-state index contributed by atoms with van der Waals surface area (Å²) in [5.41, 5.74) is 7.82. The molecule has 0 amide bonds. The van der Waals surface area contributed by atoms with Crippen LogP contribution in [0.25, 0.3) is 0 Å². The Kier molecular flexibility index (Phi) is 4.20. The van der Waals surface area contributed by atoms with Crippen LogP contribution in [0.15, 0.2) is 12.2 Å². The van der Waals surface area contributed by atoms with Crippen molar-refractivity contribution in [3.05, 3.63) is 12.2 Å². The third-order valence-corrected chi connectivity index (χ3v) is 7.78. The van der Waals surface area contributed by atoms with Crippen LogP contribution in [0.5, 0.6) is 0 Å². The molecule has 0 spiro atoms. The molecule has 22 heavy (non-hydrogen) atoms. The van der Waals surface area contributed by atoms with Gasteiger partial charge in [-0.1, -0.05) is 26.0 Å². The molecule has 3 saturated carbocycles. The zero-order chi connectivity index (χ0) is 16.1. The Morgan fingerprint density at radius 1 is 1.14 bits per heavy atom. The minimum atomic E-state index is -0.399. The summed E-state index contributed by atoms with van der Waals surface area (Å²) in [7, 11) is 0. The maximum Gasteiger partial charge on any atom is 0.0621 e. The molecule has 3 rings (SSSR count). The van der Waals surface area contributed by atoms with Gasteiger partial charge in [0.1, 0.15) is 0 Å². The second kappa shape index (κ2) is 5.61. The van der Waals surface area contributed by atoms with Crippen molar-refractivity contribution in [3.63, 3.8) is 0 Å². The van der Waals surface area contributed by atoms with Crippen molar-refractivity contribution in [3.8, 4) is 0 Å². The summed E-state index contributed by atoms with van der Waals surface area (Å²) in [6, 6.07) is 0. The lowest BCUT2D eigenvalue weighted by Crippen LogP contribution is -2.53. The van der Waals surface area contributed by atoms with Crippen molar-refractivity contribution >= 4 is 0 Å². The highest BCUT2D eigenvalue weighted by Gasteiger charge is 2.56. The number of hydrogen-bond acceptors (Lipinski definition) is 3. The molecule has 0 radical (unpaired) electrons. The predicted octanol–water partition coefficient (Wildman–Crippen LogP) is 2.86. The van der Waals surface area contributed by atoms with Crippen LogP contribution in [0.4, 0.5) is 0 Å². The highest BCUT2D eigenvalue weighted by atomic mass is 16.3. The number of aliphatic hydroxyl groups excluding tert-OH is 2. The summed E-state index contributed by atoms with van der Waals surface area (Å²) in [6.07, 6.45) is 6.20. The summed E-state index contributed by atoms with van der Waals surface area (Å²) >= 11 is 0. The fraction of sp³-hybridized carbons (Fsp3) is 0.895. The Labute approximate surface area is 135 Å². The smallest absolute Gasteiger partial charge is 0.0621 e. The van der Waals surface area contributed by atoms with Gasteiger partial charge in [0, 0.05) is 0 Å². The van der Waals surface area contributed by atoms with Crippen LogP contribution >= 0.6 is 0 Å². The van der Waals surface area contributed by atoms with Crippen LogP contribution in [0, 0.1) is 28.6 Å². The number of rotatable bonds is 2. The summed E-state index contributed by atoms with van der Waals surface area (Å²) in [6.45, 7) is 9.67. The van der Waals surface area contributed by atoms with E-state index in [1.165, 1.54) is 18.4 Å². The zero-order valence-corrected chi connectivity index (χ0v) is 14.2. The Hall–Kier alpha value is -0.380. The summed E-state index contributed by atoms with van der Waals surface area (Å²) in [4.78, 5) is 0. The number of nitrogens with two attached hydrogens (primary N) is 1. The molecule has 3 heteroatoms. The molecule has 3 aliphatic carbocycles. The Morgan fingerprint density at radius 3 is 2.50 bits per heavy atom. The van der Waals surface area contributed by atoms with Gasteiger partial charge in [0.2, 0.25) is 0 Å². The molecule has 3 aliphatic rings. The molecule has 0 aromatic carbocycles. The minimum absolute atomic E-state index is 0.0888.